The van der Waals surface area contributed by atoms with E-state index in [4.69, 9.17) is 4.74 Å². The van der Waals surface area contributed by atoms with Crippen LogP contribution in [0.4, 0.5) is 0 Å². The molecule has 2 aromatic rings. The summed E-state index contributed by atoms with van der Waals surface area (Å²) in [6, 6.07) is 14.2. The lowest BCUT2D eigenvalue weighted by atomic mass is 10.1. The van der Waals surface area contributed by atoms with Crippen molar-refractivity contribution in [1.29, 1.82) is 0 Å². The van der Waals surface area contributed by atoms with Crippen molar-refractivity contribution in [3.63, 3.8) is 0 Å². The van der Waals surface area contributed by atoms with E-state index in [0.29, 0.717) is 0 Å². The van der Waals surface area contributed by atoms with Gasteiger partial charge in [0.05, 0.1) is 6.61 Å². The average Bonchev–Trinajstić information content (AvgIpc) is 2.66. The minimum atomic E-state index is 0.758. The zero-order valence-corrected chi connectivity index (χ0v) is 15.2. The molecule has 0 radical (unpaired) electrons. The smallest absolute Gasteiger partial charge is 0.190 e. The molecule has 5 nitrogen and oxygen atoms in total. The summed E-state index contributed by atoms with van der Waals surface area (Å²) in [4.78, 5) is 8.58. The Morgan fingerprint density at radius 3 is 2.64 bits per heavy atom. The molecule has 0 fully saturated rings. The van der Waals surface area contributed by atoms with Gasteiger partial charge in [0.25, 0.3) is 0 Å². The first-order valence-corrected chi connectivity index (χ1v) is 8.88. The second-order valence-electron chi connectivity index (χ2n) is 5.74. The number of rotatable bonds is 9. The Labute approximate surface area is 150 Å². The lowest BCUT2D eigenvalue weighted by molar-refractivity contribution is 0.317. The third-order valence-corrected chi connectivity index (χ3v) is 3.70. The summed E-state index contributed by atoms with van der Waals surface area (Å²) >= 11 is 0. The summed E-state index contributed by atoms with van der Waals surface area (Å²) in [7, 11) is 1.79. The molecule has 1 aromatic heterocycles. The zero-order valence-electron chi connectivity index (χ0n) is 15.2. The fraction of sp³-hybridized carbons (Fsp3) is 0.400. The van der Waals surface area contributed by atoms with E-state index in [1.54, 1.807) is 7.05 Å². The molecule has 0 bridgehead atoms. The molecule has 0 aliphatic rings. The van der Waals surface area contributed by atoms with Crippen molar-refractivity contribution in [3.8, 4) is 5.75 Å². The van der Waals surface area contributed by atoms with E-state index in [9.17, 15) is 0 Å². The summed E-state index contributed by atoms with van der Waals surface area (Å²) < 4.78 is 5.68. The number of ether oxygens (including phenoxy) is 1. The number of nitrogens with zero attached hydrogens (tertiary/aromatic N) is 2. The molecule has 0 atom stereocenters. The van der Waals surface area contributed by atoms with Crippen molar-refractivity contribution in [1.82, 2.24) is 15.6 Å². The van der Waals surface area contributed by atoms with Crippen LogP contribution < -0.4 is 15.4 Å². The summed E-state index contributed by atoms with van der Waals surface area (Å²) in [6.45, 7) is 4.49. The number of guanidine groups is 1. The van der Waals surface area contributed by atoms with Gasteiger partial charge in [-0.1, -0.05) is 25.1 Å². The molecule has 0 saturated heterocycles. The first-order valence-electron chi connectivity index (χ1n) is 8.88. The fourth-order valence-electron chi connectivity index (χ4n) is 2.41. The van der Waals surface area contributed by atoms with E-state index in [0.717, 1.165) is 56.4 Å². The molecule has 2 N–H and O–H groups in total. The maximum atomic E-state index is 5.68. The highest BCUT2D eigenvalue weighted by molar-refractivity contribution is 5.79. The second-order valence-corrected chi connectivity index (χ2v) is 5.74. The third-order valence-electron chi connectivity index (χ3n) is 3.70. The molecule has 0 aliphatic carbocycles. The van der Waals surface area contributed by atoms with Crippen LogP contribution in [0.3, 0.4) is 0 Å². The van der Waals surface area contributed by atoms with Gasteiger partial charge >= 0.3 is 0 Å². The highest BCUT2D eigenvalue weighted by Gasteiger charge is 2.00. The second kappa shape index (κ2) is 11.1. The van der Waals surface area contributed by atoms with Gasteiger partial charge in [-0.25, -0.2) is 0 Å². The molecule has 5 heteroatoms. The van der Waals surface area contributed by atoms with Crippen LogP contribution in [0.15, 0.2) is 53.7 Å². The van der Waals surface area contributed by atoms with Gasteiger partial charge in [0.1, 0.15) is 5.75 Å². The topological polar surface area (TPSA) is 58.5 Å². The summed E-state index contributed by atoms with van der Waals surface area (Å²) in [5.74, 6) is 1.76. The Bertz CT molecular complexity index is 643. The van der Waals surface area contributed by atoms with Crippen molar-refractivity contribution in [2.45, 2.75) is 26.2 Å². The summed E-state index contributed by atoms with van der Waals surface area (Å²) in [5.41, 5.74) is 2.33. The van der Waals surface area contributed by atoms with E-state index in [1.807, 2.05) is 36.5 Å². The van der Waals surface area contributed by atoms with Gasteiger partial charge in [-0.2, -0.15) is 0 Å². The molecule has 2 rings (SSSR count). The minimum Gasteiger partial charge on any atom is -0.494 e. The van der Waals surface area contributed by atoms with E-state index in [-0.39, 0.29) is 0 Å². The van der Waals surface area contributed by atoms with Gasteiger partial charge < -0.3 is 15.4 Å². The standard InChI is InChI=1S/C20H28N4O/c1-3-15-25-19-9-6-7-17(16-19)10-13-23-20(21-2)24-14-11-18-8-4-5-12-22-18/h4-9,12,16H,3,10-11,13-15H2,1-2H3,(H2,21,23,24). The van der Waals surface area contributed by atoms with Gasteiger partial charge in [-0.05, 0) is 42.7 Å². The Morgan fingerprint density at radius 2 is 1.92 bits per heavy atom. The number of benzene rings is 1. The molecule has 0 aliphatic heterocycles. The summed E-state index contributed by atoms with van der Waals surface area (Å²) in [6.07, 6.45) is 4.63. The van der Waals surface area contributed by atoms with E-state index >= 15 is 0 Å². The minimum absolute atomic E-state index is 0.758. The van der Waals surface area contributed by atoms with Crippen LogP contribution in [0.5, 0.6) is 5.75 Å². The Kier molecular flexibility index (Phi) is 8.32. The normalized spacial score (nSPS) is 11.2. The molecule has 1 aromatic carbocycles. The number of hydrogen-bond donors (Lipinski definition) is 2. The first-order chi connectivity index (χ1) is 12.3. The molecular formula is C20H28N4O. The van der Waals surface area contributed by atoms with Crippen LogP contribution in [-0.4, -0.2) is 37.7 Å². The predicted molar refractivity (Wildman–Crippen MR) is 103 cm³/mol. The average molecular weight is 340 g/mol. The Hall–Kier alpha value is -2.56. The van der Waals surface area contributed by atoms with Crippen LogP contribution in [-0.2, 0) is 12.8 Å². The van der Waals surface area contributed by atoms with Crippen LogP contribution in [0.1, 0.15) is 24.6 Å². The molecule has 0 spiro atoms. The van der Waals surface area contributed by atoms with Crippen LogP contribution in [0, 0.1) is 0 Å². The Balaban J connectivity index is 1.70. The number of hydrogen-bond acceptors (Lipinski definition) is 3. The van der Waals surface area contributed by atoms with Gasteiger partial charge in [0.2, 0.25) is 0 Å². The number of nitrogens with one attached hydrogen (secondary N) is 2. The lowest BCUT2D eigenvalue weighted by Crippen LogP contribution is -2.39. The van der Waals surface area contributed by atoms with Crippen LogP contribution in [0.2, 0.25) is 0 Å². The highest BCUT2D eigenvalue weighted by Crippen LogP contribution is 2.13. The van der Waals surface area contributed by atoms with Gasteiger partial charge in [0.15, 0.2) is 5.96 Å². The molecule has 0 amide bonds. The number of aliphatic imine (C=N–C) groups is 1. The lowest BCUT2D eigenvalue weighted by Gasteiger charge is -2.12. The molecule has 25 heavy (non-hydrogen) atoms. The van der Waals surface area contributed by atoms with Crippen molar-refractivity contribution in [2.75, 3.05) is 26.7 Å². The van der Waals surface area contributed by atoms with Gasteiger partial charge in [-0.3, -0.25) is 9.98 Å². The van der Waals surface area contributed by atoms with E-state index in [1.165, 1.54) is 5.56 Å². The van der Waals surface area contributed by atoms with Gasteiger partial charge in [0, 0.05) is 38.4 Å². The van der Waals surface area contributed by atoms with Crippen molar-refractivity contribution >= 4 is 5.96 Å². The van der Waals surface area contributed by atoms with Crippen molar-refractivity contribution in [3.05, 3.63) is 59.9 Å². The molecular weight excluding hydrogens is 312 g/mol. The number of pyridine rings is 1. The largest absolute Gasteiger partial charge is 0.494 e. The fourth-order valence-corrected chi connectivity index (χ4v) is 2.41. The first kappa shape index (κ1) is 18.8. The quantitative estimate of drug-likeness (QED) is 0.544. The number of aromatic nitrogens is 1. The van der Waals surface area contributed by atoms with Crippen LogP contribution in [0.25, 0.3) is 0 Å². The maximum Gasteiger partial charge on any atom is 0.190 e. The monoisotopic (exact) mass is 340 g/mol. The van der Waals surface area contributed by atoms with E-state index < -0.39 is 0 Å². The maximum absolute atomic E-state index is 5.68. The van der Waals surface area contributed by atoms with Crippen molar-refractivity contribution in [2.24, 2.45) is 4.99 Å². The molecule has 134 valence electrons. The summed E-state index contributed by atoms with van der Waals surface area (Å²) in [5, 5.41) is 6.66. The van der Waals surface area contributed by atoms with Crippen LogP contribution >= 0.6 is 0 Å². The molecule has 1 heterocycles. The molecule has 0 unspecified atom stereocenters. The Morgan fingerprint density at radius 1 is 1.08 bits per heavy atom. The zero-order chi connectivity index (χ0) is 17.7. The predicted octanol–water partition coefficient (Wildman–Crippen LogP) is 2.82. The third kappa shape index (κ3) is 7.25. The molecule has 0 saturated carbocycles. The van der Waals surface area contributed by atoms with Gasteiger partial charge in [-0.15, -0.1) is 0 Å². The highest BCUT2D eigenvalue weighted by atomic mass is 16.5. The SMILES string of the molecule is CCCOc1cccc(CCNC(=NC)NCCc2ccccn2)c1. The van der Waals surface area contributed by atoms with Crippen molar-refractivity contribution < 1.29 is 4.74 Å². The van der Waals surface area contributed by atoms with E-state index in [2.05, 4.69) is 39.7 Å².